The number of esters is 1. The number of hydrogen-bond donors (Lipinski definition) is 1. The number of aromatic amines is 1. The van der Waals surface area contributed by atoms with Gasteiger partial charge in [0.1, 0.15) is 0 Å². The summed E-state index contributed by atoms with van der Waals surface area (Å²) in [5, 5.41) is 1.08. The lowest BCUT2D eigenvalue weighted by Gasteiger charge is -2.25. The molecule has 0 aliphatic carbocycles. The molecule has 1 N–H and O–H groups in total. The van der Waals surface area contributed by atoms with E-state index in [1.807, 2.05) is 38.1 Å². The number of para-hydroxylation sites is 1. The lowest BCUT2D eigenvalue weighted by molar-refractivity contribution is -0.139. The number of aryl methyl sites for hydroxylation is 2. The second-order valence-electron chi connectivity index (χ2n) is 9.78. The van der Waals surface area contributed by atoms with Gasteiger partial charge in [-0.1, -0.05) is 67.6 Å². The molecule has 0 unspecified atom stereocenters. The zero-order valence-corrected chi connectivity index (χ0v) is 22.8. The zero-order chi connectivity index (χ0) is 26.4. The van der Waals surface area contributed by atoms with Crippen LogP contribution in [0.5, 0.6) is 0 Å². The van der Waals surface area contributed by atoms with E-state index in [1.165, 1.54) is 16.9 Å². The normalized spacial score (nSPS) is 15.9. The Morgan fingerprint density at radius 2 is 1.89 bits per heavy atom. The SMILES string of the molecule is CCOC(=O)C1=C(C)N=c2s/c(=C\c3c(C)[nH]c4c(C)cccc34)c(=O)n2[C@@H]1c1ccc(C(C)C)cc1. The van der Waals surface area contributed by atoms with Gasteiger partial charge in [0.2, 0.25) is 0 Å². The highest BCUT2D eigenvalue weighted by Crippen LogP contribution is 2.32. The van der Waals surface area contributed by atoms with Crippen LogP contribution in [0.4, 0.5) is 0 Å². The van der Waals surface area contributed by atoms with Gasteiger partial charge < -0.3 is 9.72 Å². The van der Waals surface area contributed by atoms with Crippen molar-refractivity contribution in [2.24, 2.45) is 4.99 Å². The summed E-state index contributed by atoms with van der Waals surface area (Å²) in [7, 11) is 0. The monoisotopic (exact) mass is 513 g/mol. The predicted molar refractivity (Wildman–Crippen MR) is 149 cm³/mol. The molecule has 0 fully saturated rings. The molecule has 7 heteroatoms. The van der Waals surface area contributed by atoms with Crippen molar-refractivity contribution in [2.45, 2.75) is 53.5 Å². The minimum Gasteiger partial charge on any atom is -0.463 e. The highest BCUT2D eigenvalue weighted by atomic mass is 32.1. The van der Waals surface area contributed by atoms with Crippen LogP contribution in [0.1, 0.15) is 67.6 Å². The molecule has 0 amide bonds. The van der Waals surface area contributed by atoms with E-state index in [0.29, 0.717) is 26.5 Å². The van der Waals surface area contributed by atoms with Crippen LogP contribution in [0, 0.1) is 13.8 Å². The second-order valence-corrected chi connectivity index (χ2v) is 10.8. The summed E-state index contributed by atoms with van der Waals surface area (Å²) in [6.07, 6.45) is 1.94. The van der Waals surface area contributed by atoms with Gasteiger partial charge in [0.25, 0.3) is 5.56 Å². The maximum Gasteiger partial charge on any atom is 0.338 e. The van der Waals surface area contributed by atoms with E-state index in [0.717, 1.165) is 33.3 Å². The highest BCUT2D eigenvalue weighted by molar-refractivity contribution is 7.07. The van der Waals surface area contributed by atoms with Gasteiger partial charge >= 0.3 is 5.97 Å². The number of benzene rings is 2. The first-order valence-corrected chi connectivity index (χ1v) is 13.4. The molecule has 0 saturated carbocycles. The number of carbonyl (C=O) groups is 1. The number of rotatable bonds is 5. The number of hydrogen-bond acceptors (Lipinski definition) is 5. The summed E-state index contributed by atoms with van der Waals surface area (Å²) in [4.78, 5) is 35.8. The van der Waals surface area contributed by atoms with Crippen molar-refractivity contribution in [3.63, 3.8) is 0 Å². The number of nitrogens with zero attached hydrogens (tertiary/aromatic N) is 2. The van der Waals surface area contributed by atoms with Crippen LogP contribution < -0.4 is 14.9 Å². The Kier molecular flexibility index (Phi) is 6.50. The highest BCUT2D eigenvalue weighted by Gasteiger charge is 2.33. The zero-order valence-electron chi connectivity index (χ0n) is 22.0. The Labute approximate surface area is 219 Å². The molecule has 190 valence electrons. The van der Waals surface area contributed by atoms with Crippen molar-refractivity contribution in [3.05, 3.63) is 101 Å². The van der Waals surface area contributed by atoms with Crippen LogP contribution >= 0.6 is 11.3 Å². The van der Waals surface area contributed by atoms with Gasteiger partial charge in [-0.25, -0.2) is 9.79 Å². The van der Waals surface area contributed by atoms with E-state index in [4.69, 9.17) is 9.73 Å². The number of allylic oxidation sites excluding steroid dienone is 1. The Bertz CT molecular complexity index is 1730. The van der Waals surface area contributed by atoms with Crippen LogP contribution in [0.25, 0.3) is 17.0 Å². The van der Waals surface area contributed by atoms with Crippen molar-refractivity contribution in [1.82, 2.24) is 9.55 Å². The first-order chi connectivity index (χ1) is 17.7. The van der Waals surface area contributed by atoms with Crippen LogP contribution in [-0.2, 0) is 9.53 Å². The third kappa shape index (κ3) is 4.27. The van der Waals surface area contributed by atoms with Gasteiger partial charge in [-0.3, -0.25) is 9.36 Å². The van der Waals surface area contributed by atoms with Crippen LogP contribution in [0.15, 0.2) is 63.5 Å². The fourth-order valence-electron chi connectivity index (χ4n) is 5.00. The molecule has 0 spiro atoms. The number of carbonyl (C=O) groups excluding carboxylic acids is 1. The van der Waals surface area contributed by atoms with Gasteiger partial charge in [0.15, 0.2) is 4.80 Å². The smallest absolute Gasteiger partial charge is 0.338 e. The molecule has 1 atom stereocenters. The number of thiazole rings is 1. The summed E-state index contributed by atoms with van der Waals surface area (Å²) in [5.74, 6) is -0.0696. The number of nitrogens with one attached hydrogen (secondary N) is 1. The summed E-state index contributed by atoms with van der Waals surface area (Å²) >= 11 is 1.35. The number of ether oxygens (including phenoxy) is 1. The molecular formula is C30H31N3O3S. The molecule has 3 heterocycles. The quantitative estimate of drug-likeness (QED) is 0.381. The summed E-state index contributed by atoms with van der Waals surface area (Å²) < 4.78 is 7.63. The van der Waals surface area contributed by atoms with E-state index in [-0.39, 0.29) is 12.2 Å². The van der Waals surface area contributed by atoms with Gasteiger partial charge in [-0.15, -0.1) is 0 Å². The maximum atomic E-state index is 13.9. The topological polar surface area (TPSA) is 76.4 Å². The van der Waals surface area contributed by atoms with Crippen molar-refractivity contribution in [1.29, 1.82) is 0 Å². The van der Waals surface area contributed by atoms with Crippen molar-refractivity contribution < 1.29 is 9.53 Å². The lowest BCUT2D eigenvalue weighted by atomic mass is 9.93. The molecule has 6 nitrogen and oxygen atoms in total. The van der Waals surface area contributed by atoms with Crippen LogP contribution in [0.3, 0.4) is 0 Å². The van der Waals surface area contributed by atoms with Crippen molar-refractivity contribution >= 4 is 34.3 Å². The minimum atomic E-state index is -0.607. The van der Waals surface area contributed by atoms with Gasteiger partial charge in [0, 0.05) is 22.2 Å². The van der Waals surface area contributed by atoms with E-state index in [1.54, 1.807) is 11.5 Å². The third-order valence-electron chi connectivity index (χ3n) is 6.99. The lowest BCUT2D eigenvalue weighted by Crippen LogP contribution is -2.39. The molecule has 1 aliphatic heterocycles. The summed E-state index contributed by atoms with van der Waals surface area (Å²) in [6.45, 7) is 12.2. The molecule has 37 heavy (non-hydrogen) atoms. The molecule has 2 aromatic heterocycles. The number of fused-ring (bicyclic) bond motifs is 2. The molecule has 2 aromatic carbocycles. The Morgan fingerprint density at radius 1 is 1.16 bits per heavy atom. The number of H-pyrrole nitrogens is 1. The molecular weight excluding hydrogens is 482 g/mol. The Hall–Kier alpha value is -3.71. The first-order valence-electron chi connectivity index (χ1n) is 12.6. The largest absolute Gasteiger partial charge is 0.463 e. The number of aromatic nitrogens is 2. The predicted octanol–water partition coefficient (Wildman–Crippen LogP) is 5.02. The van der Waals surface area contributed by atoms with Gasteiger partial charge in [0.05, 0.1) is 28.5 Å². The summed E-state index contributed by atoms with van der Waals surface area (Å²) in [6, 6.07) is 13.7. The molecule has 0 saturated heterocycles. The van der Waals surface area contributed by atoms with E-state index in [2.05, 4.69) is 50.0 Å². The minimum absolute atomic E-state index is 0.169. The second kappa shape index (κ2) is 9.63. The van der Waals surface area contributed by atoms with Crippen LogP contribution in [-0.4, -0.2) is 22.1 Å². The van der Waals surface area contributed by atoms with E-state index < -0.39 is 12.0 Å². The van der Waals surface area contributed by atoms with Crippen molar-refractivity contribution in [3.8, 4) is 0 Å². The van der Waals surface area contributed by atoms with Gasteiger partial charge in [-0.2, -0.15) is 0 Å². The average molecular weight is 514 g/mol. The fourth-order valence-corrected chi connectivity index (χ4v) is 6.03. The standard InChI is InChI=1S/C30H31N3O3S/c1-7-36-29(35)25-19(6)32-30-33(27(25)21-13-11-20(12-14-21)16(2)3)28(34)24(37-30)15-23-18(5)31-26-17(4)9-8-10-22(23)26/h8-16,27,31H,7H2,1-6H3/b24-15-/t27-/m1/s1. The Morgan fingerprint density at radius 3 is 2.57 bits per heavy atom. The van der Waals surface area contributed by atoms with E-state index in [9.17, 15) is 9.59 Å². The molecule has 4 aromatic rings. The fraction of sp³-hybridized carbons (Fsp3) is 0.300. The van der Waals surface area contributed by atoms with Crippen molar-refractivity contribution in [2.75, 3.05) is 6.61 Å². The maximum absolute atomic E-state index is 13.9. The summed E-state index contributed by atoms with van der Waals surface area (Å²) in [5.41, 5.74) is 7.07. The molecule has 1 aliphatic rings. The first kappa shape index (κ1) is 25.0. The Balaban J connectivity index is 1.74. The molecule has 5 rings (SSSR count). The average Bonchev–Trinajstić information content (AvgIpc) is 3.35. The van der Waals surface area contributed by atoms with Gasteiger partial charge in [-0.05, 0) is 56.4 Å². The van der Waals surface area contributed by atoms with E-state index >= 15 is 0 Å². The molecule has 0 bridgehead atoms. The third-order valence-corrected chi connectivity index (χ3v) is 7.97. The molecule has 0 radical (unpaired) electrons. The van der Waals surface area contributed by atoms with Crippen LogP contribution in [0.2, 0.25) is 0 Å².